The van der Waals surface area contributed by atoms with E-state index in [0.29, 0.717) is 40.6 Å². The van der Waals surface area contributed by atoms with Crippen LogP contribution >= 0.6 is 0 Å². The van der Waals surface area contributed by atoms with Crippen molar-refractivity contribution in [3.63, 3.8) is 0 Å². The fourth-order valence-corrected chi connectivity index (χ4v) is 3.39. The predicted octanol–water partition coefficient (Wildman–Crippen LogP) is 9.35. The molecule has 0 aliphatic heterocycles. The number of ether oxygens (including phenoxy) is 1. The number of nitrogens with zero attached hydrogens (tertiary/aromatic N) is 3. The third-order valence-electron chi connectivity index (χ3n) is 5.08. The topological polar surface area (TPSA) is 108 Å². The van der Waals surface area contributed by atoms with Crippen LogP contribution in [0.4, 0.5) is 17.2 Å². The molecule has 0 radical (unpaired) electrons. The number of hydrogen-bond donors (Lipinski definition) is 2. The van der Waals surface area contributed by atoms with Gasteiger partial charge in [-0.1, -0.05) is 74.8 Å². The van der Waals surface area contributed by atoms with E-state index in [4.69, 9.17) is 10.1 Å². The van der Waals surface area contributed by atoms with Gasteiger partial charge >= 0.3 is 0 Å². The van der Waals surface area contributed by atoms with Crippen LogP contribution in [0, 0.1) is 17.2 Å². The van der Waals surface area contributed by atoms with Crippen LogP contribution in [0.2, 0.25) is 0 Å². The van der Waals surface area contributed by atoms with Gasteiger partial charge in [0, 0.05) is 37.9 Å². The van der Waals surface area contributed by atoms with Crippen molar-refractivity contribution in [3.05, 3.63) is 41.6 Å². The molecule has 1 aromatic heterocycles. The summed E-state index contributed by atoms with van der Waals surface area (Å²) in [5, 5.41) is 11.5. The summed E-state index contributed by atoms with van der Waals surface area (Å²) in [5.74, 6) is 1.73. The van der Waals surface area contributed by atoms with Crippen molar-refractivity contribution in [2.45, 2.75) is 102 Å². The van der Waals surface area contributed by atoms with E-state index >= 15 is 0 Å². The van der Waals surface area contributed by atoms with Crippen LogP contribution in [0.5, 0.6) is 5.75 Å². The van der Waals surface area contributed by atoms with Gasteiger partial charge in [-0.25, -0.2) is 9.98 Å². The number of carbonyl (C=O) groups is 2. The molecular weight excluding hydrogens is 526 g/mol. The zero-order chi connectivity index (χ0) is 32.8. The lowest BCUT2D eigenvalue weighted by molar-refractivity contribution is -0.116. The average Bonchev–Trinajstić information content (AvgIpc) is 3.81. The normalized spacial score (nSPS) is 11.3. The maximum Gasteiger partial charge on any atom is 0.225 e. The molecule has 0 unspecified atom stereocenters. The number of para-hydroxylation sites is 1. The van der Waals surface area contributed by atoms with E-state index in [1.165, 1.54) is 31.6 Å². The molecule has 1 saturated carbocycles. The Labute approximate surface area is 255 Å². The third kappa shape index (κ3) is 13.9. The number of benzene rings is 1. The third-order valence-corrected chi connectivity index (χ3v) is 5.08. The van der Waals surface area contributed by atoms with Crippen LogP contribution < -0.4 is 15.0 Å². The molecule has 1 aromatic carbocycles. The van der Waals surface area contributed by atoms with Gasteiger partial charge in [0.1, 0.15) is 5.82 Å². The van der Waals surface area contributed by atoms with Crippen LogP contribution in [0.15, 0.2) is 35.5 Å². The summed E-state index contributed by atoms with van der Waals surface area (Å²) in [6.45, 7) is 24.3. The molecule has 3 rings (SSSR count). The molecule has 1 amide bonds. The Morgan fingerprint density at radius 3 is 2.07 bits per heavy atom. The van der Waals surface area contributed by atoms with Gasteiger partial charge in [0.2, 0.25) is 5.91 Å². The first-order valence-electron chi connectivity index (χ1n) is 15.4. The largest absolute Gasteiger partial charge is 0.494 e. The van der Waals surface area contributed by atoms with Gasteiger partial charge in [-0.15, -0.1) is 0 Å². The van der Waals surface area contributed by atoms with Crippen LogP contribution in [0.3, 0.4) is 0 Å². The number of amides is 1. The monoisotopic (exact) mass is 583 g/mol. The first-order chi connectivity index (χ1) is 20.1. The lowest BCUT2D eigenvalue weighted by Crippen LogP contribution is -2.29. The van der Waals surface area contributed by atoms with Gasteiger partial charge < -0.3 is 10.1 Å². The minimum Gasteiger partial charge on any atom is -0.494 e. The molecule has 236 valence electrons. The maximum atomic E-state index is 12.9. The molecule has 1 fully saturated rings. The summed E-state index contributed by atoms with van der Waals surface area (Å²) in [6, 6.07) is 7.06. The Morgan fingerprint density at radius 2 is 1.64 bits per heavy atom. The molecule has 42 heavy (non-hydrogen) atoms. The van der Waals surface area contributed by atoms with Crippen molar-refractivity contribution in [3.8, 4) is 5.75 Å². The average molecular weight is 584 g/mol. The van der Waals surface area contributed by atoms with E-state index in [1.54, 1.807) is 37.4 Å². The fourth-order valence-electron chi connectivity index (χ4n) is 3.39. The van der Waals surface area contributed by atoms with Gasteiger partial charge in [0.05, 0.1) is 29.6 Å². The second-order valence-electron chi connectivity index (χ2n) is 9.68. The molecule has 0 bridgehead atoms. The molecular formula is C34H57N5O3. The molecule has 1 heterocycles. The number of aromatic nitrogens is 1. The lowest BCUT2D eigenvalue weighted by atomic mass is 10.1. The number of nitrogens with one attached hydrogen (secondary N) is 2. The van der Waals surface area contributed by atoms with E-state index < -0.39 is 0 Å². The molecule has 0 spiro atoms. The molecule has 0 atom stereocenters. The second-order valence-corrected chi connectivity index (χ2v) is 9.68. The van der Waals surface area contributed by atoms with E-state index in [9.17, 15) is 9.59 Å². The number of amidine groups is 1. The highest BCUT2D eigenvalue weighted by Crippen LogP contribution is 2.38. The van der Waals surface area contributed by atoms with Crippen molar-refractivity contribution in [1.82, 2.24) is 4.98 Å². The molecule has 2 aromatic rings. The van der Waals surface area contributed by atoms with Gasteiger partial charge in [-0.05, 0) is 44.7 Å². The van der Waals surface area contributed by atoms with Crippen LogP contribution in [-0.4, -0.2) is 42.4 Å². The van der Waals surface area contributed by atoms with Crippen LogP contribution in [0.25, 0.3) is 0 Å². The van der Waals surface area contributed by atoms with Gasteiger partial charge in [0.25, 0.3) is 0 Å². The van der Waals surface area contributed by atoms with E-state index in [-0.39, 0.29) is 23.4 Å². The number of pyridine rings is 1. The highest BCUT2D eigenvalue weighted by atomic mass is 16.5. The Bertz CT molecular complexity index is 1110. The zero-order valence-corrected chi connectivity index (χ0v) is 28.5. The van der Waals surface area contributed by atoms with Crippen LogP contribution in [-0.2, 0) is 4.79 Å². The number of anilines is 3. The zero-order valence-electron chi connectivity index (χ0n) is 28.5. The van der Waals surface area contributed by atoms with Gasteiger partial charge in [0.15, 0.2) is 17.4 Å². The molecule has 2 N–H and O–H groups in total. The summed E-state index contributed by atoms with van der Waals surface area (Å²) in [5.41, 5.74) is 2.13. The smallest absolute Gasteiger partial charge is 0.225 e. The van der Waals surface area contributed by atoms with E-state index in [0.717, 1.165) is 18.8 Å². The summed E-state index contributed by atoms with van der Waals surface area (Å²) < 4.78 is 5.57. The first-order valence-corrected chi connectivity index (χ1v) is 15.4. The van der Waals surface area contributed by atoms with E-state index in [2.05, 4.69) is 49.9 Å². The SMILES string of the molecule is CC.CC.CC(C)C.CC=NC(=N)c1cccc(Nc2cc(N(CC)C(C)=O)ncc2C(=O)C2CC2)c1OC.CCC. The maximum absolute atomic E-state index is 12.9. The second kappa shape index (κ2) is 23.1. The Kier molecular flexibility index (Phi) is 22.3. The number of ketones is 1. The highest BCUT2D eigenvalue weighted by Gasteiger charge is 2.32. The molecule has 8 heteroatoms. The number of aliphatic imine (C=N–C) groups is 1. The molecule has 1 aliphatic carbocycles. The van der Waals surface area contributed by atoms with Crippen molar-refractivity contribution in [1.29, 1.82) is 5.41 Å². The predicted molar refractivity (Wildman–Crippen MR) is 181 cm³/mol. The van der Waals surface area contributed by atoms with Crippen molar-refractivity contribution in [2.24, 2.45) is 16.8 Å². The minimum atomic E-state index is -0.132. The first kappa shape index (κ1) is 40.6. The number of Topliss-reactive ketones (excluding diaryl/α,β-unsaturated/α-hetero) is 1. The molecule has 0 saturated heterocycles. The standard InChI is InChI=1S/C23H27N5O3.C4H10.C3H8.2C2H6/c1-5-25-23(24)16-8-7-9-18(22(16)31-4)27-19-12-20(28(6-2)14(3)29)26-13-17(19)21(30)15-10-11-15;1-4(2)3;1-3-2;2*1-2/h5,7-9,12-13,15,24H,6,10-11H2,1-4H3,(H,26,27);4H,1-3H3;3H2,1-2H3;2*1-2H3. The van der Waals surface area contributed by atoms with Crippen molar-refractivity contribution >= 4 is 40.9 Å². The minimum absolute atomic E-state index is 0.0172. The number of carbonyl (C=O) groups excluding carboxylic acids is 2. The Hall–Kier alpha value is -3.55. The van der Waals surface area contributed by atoms with Crippen molar-refractivity contribution < 1.29 is 14.3 Å². The van der Waals surface area contributed by atoms with Gasteiger partial charge in [-0.3, -0.25) is 19.9 Å². The lowest BCUT2D eigenvalue weighted by Gasteiger charge is -2.21. The van der Waals surface area contributed by atoms with Gasteiger partial charge in [-0.2, -0.15) is 0 Å². The highest BCUT2D eigenvalue weighted by molar-refractivity contribution is 6.06. The summed E-state index contributed by atoms with van der Waals surface area (Å²) in [4.78, 5) is 34.8. The van der Waals surface area contributed by atoms with Crippen molar-refractivity contribution in [2.75, 3.05) is 23.9 Å². The molecule has 1 aliphatic rings. The summed E-state index contributed by atoms with van der Waals surface area (Å²) >= 11 is 0. The van der Waals surface area contributed by atoms with Crippen LogP contribution in [0.1, 0.15) is 118 Å². The Balaban J connectivity index is 0. The number of methoxy groups -OCH3 is 1. The summed E-state index contributed by atoms with van der Waals surface area (Å²) in [7, 11) is 1.52. The Morgan fingerprint density at radius 1 is 1.10 bits per heavy atom. The number of rotatable bonds is 8. The summed E-state index contributed by atoms with van der Waals surface area (Å²) in [6.07, 6.45) is 6.08. The number of hydrogen-bond acceptors (Lipinski definition) is 6. The van der Waals surface area contributed by atoms with E-state index in [1.807, 2.05) is 34.6 Å². The molecule has 8 nitrogen and oxygen atoms in total. The quantitative estimate of drug-likeness (QED) is 0.183. The fraction of sp³-hybridized carbons (Fsp3) is 0.559.